The van der Waals surface area contributed by atoms with E-state index in [0.717, 1.165) is 6.39 Å². The molecule has 114 valence electrons. The molecule has 2 aromatic carbocycles. The number of rotatable bonds is 4. The van der Waals surface area contributed by atoms with E-state index in [1.54, 1.807) is 48.5 Å². The van der Waals surface area contributed by atoms with Gasteiger partial charge in [0.15, 0.2) is 17.8 Å². The zero-order valence-electron chi connectivity index (χ0n) is 11.9. The van der Waals surface area contributed by atoms with Gasteiger partial charge in [-0.25, -0.2) is 9.78 Å². The maximum atomic E-state index is 12.5. The maximum absolute atomic E-state index is 12.5. The van der Waals surface area contributed by atoms with E-state index in [1.165, 1.54) is 0 Å². The van der Waals surface area contributed by atoms with E-state index in [9.17, 15) is 9.59 Å². The molecule has 3 aromatic rings. The Morgan fingerprint density at radius 3 is 2.43 bits per heavy atom. The molecule has 1 amide bonds. The molecule has 1 aromatic heterocycles. The van der Waals surface area contributed by atoms with Crippen LogP contribution < -0.4 is 5.32 Å². The molecule has 0 aliphatic rings. The van der Waals surface area contributed by atoms with Crippen molar-refractivity contribution >= 4 is 17.6 Å². The zero-order valence-corrected chi connectivity index (χ0v) is 11.9. The number of benzene rings is 2. The SMILES string of the molecule is O=C(Nc1ccccc1)c1ccccc1-c1ocnc1C(=O)O. The van der Waals surface area contributed by atoms with Gasteiger partial charge in [-0.05, 0) is 18.2 Å². The van der Waals surface area contributed by atoms with Crippen LogP contribution in [0.4, 0.5) is 5.69 Å². The van der Waals surface area contributed by atoms with Crippen molar-refractivity contribution in [2.75, 3.05) is 5.32 Å². The van der Waals surface area contributed by atoms with E-state index in [-0.39, 0.29) is 17.4 Å². The quantitative estimate of drug-likeness (QED) is 0.771. The molecule has 23 heavy (non-hydrogen) atoms. The van der Waals surface area contributed by atoms with Crippen LogP contribution in [0.25, 0.3) is 11.3 Å². The number of amides is 1. The molecule has 0 aliphatic heterocycles. The Bertz CT molecular complexity index is 856. The van der Waals surface area contributed by atoms with Crippen LogP contribution in [0.15, 0.2) is 65.4 Å². The number of aromatic nitrogens is 1. The molecule has 6 heteroatoms. The summed E-state index contributed by atoms with van der Waals surface area (Å²) in [5, 5.41) is 11.9. The molecule has 1 heterocycles. The molecule has 0 atom stereocenters. The summed E-state index contributed by atoms with van der Waals surface area (Å²) in [6.45, 7) is 0. The Labute approximate surface area is 131 Å². The van der Waals surface area contributed by atoms with Crippen LogP contribution in [-0.4, -0.2) is 22.0 Å². The van der Waals surface area contributed by atoms with Crippen LogP contribution in [0, 0.1) is 0 Å². The Balaban J connectivity index is 1.99. The van der Waals surface area contributed by atoms with E-state index >= 15 is 0 Å². The molecular formula is C17H12N2O4. The lowest BCUT2D eigenvalue weighted by molar-refractivity contribution is 0.0691. The topological polar surface area (TPSA) is 92.4 Å². The zero-order chi connectivity index (χ0) is 16.2. The van der Waals surface area contributed by atoms with Gasteiger partial charge in [-0.2, -0.15) is 0 Å². The Hall–Kier alpha value is -3.41. The summed E-state index contributed by atoms with van der Waals surface area (Å²) in [6, 6.07) is 15.6. The fourth-order valence-corrected chi connectivity index (χ4v) is 2.19. The first kappa shape index (κ1) is 14.5. The number of hydrogen-bond acceptors (Lipinski definition) is 4. The number of para-hydroxylation sites is 1. The van der Waals surface area contributed by atoms with Crippen molar-refractivity contribution in [3.05, 3.63) is 72.2 Å². The fourth-order valence-electron chi connectivity index (χ4n) is 2.19. The summed E-state index contributed by atoms with van der Waals surface area (Å²) >= 11 is 0. The first-order valence-corrected chi connectivity index (χ1v) is 6.79. The van der Waals surface area contributed by atoms with Crippen LogP contribution in [0.3, 0.4) is 0 Å². The third-order valence-corrected chi connectivity index (χ3v) is 3.22. The van der Waals surface area contributed by atoms with E-state index in [2.05, 4.69) is 10.3 Å². The van der Waals surface area contributed by atoms with E-state index in [0.29, 0.717) is 16.8 Å². The van der Waals surface area contributed by atoms with Crippen LogP contribution in [0.1, 0.15) is 20.8 Å². The predicted molar refractivity (Wildman–Crippen MR) is 83.3 cm³/mol. The number of carbonyl (C=O) groups excluding carboxylic acids is 1. The van der Waals surface area contributed by atoms with Gasteiger partial charge < -0.3 is 14.8 Å². The summed E-state index contributed by atoms with van der Waals surface area (Å²) in [5.41, 5.74) is 1.08. The number of carboxylic acid groups (broad SMARTS) is 1. The summed E-state index contributed by atoms with van der Waals surface area (Å²) < 4.78 is 5.18. The van der Waals surface area contributed by atoms with Crippen LogP contribution >= 0.6 is 0 Å². The highest BCUT2D eigenvalue weighted by Gasteiger charge is 2.22. The maximum Gasteiger partial charge on any atom is 0.358 e. The molecular weight excluding hydrogens is 296 g/mol. The molecule has 0 unspecified atom stereocenters. The van der Waals surface area contributed by atoms with E-state index in [1.807, 2.05) is 6.07 Å². The number of carboxylic acids is 1. The standard InChI is InChI=1S/C17H12N2O4/c20-16(19-11-6-2-1-3-7-11)13-9-5-4-8-12(13)15-14(17(21)22)18-10-23-15/h1-10H,(H,19,20)(H,21,22). The molecule has 0 radical (unpaired) electrons. The lowest BCUT2D eigenvalue weighted by Crippen LogP contribution is -2.13. The number of carbonyl (C=O) groups is 2. The van der Waals surface area contributed by atoms with Crippen molar-refractivity contribution in [1.82, 2.24) is 4.98 Å². The minimum absolute atomic E-state index is 0.0521. The molecule has 0 spiro atoms. The predicted octanol–water partition coefficient (Wildman–Crippen LogP) is 3.29. The number of nitrogens with zero attached hydrogens (tertiary/aromatic N) is 1. The van der Waals surface area contributed by atoms with Gasteiger partial charge in [-0.1, -0.05) is 36.4 Å². The molecule has 6 nitrogen and oxygen atoms in total. The molecule has 2 N–H and O–H groups in total. The summed E-state index contributed by atoms with van der Waals surface area (Å²) in [4.78, 5) is 27.4. The third-order valence-electron chi connectivity index (χ3n) is 3.22. The highest BCUT2D eigenvalue weighted by Crippen LogP contribution is 2.27. The highest BCUT2D eigenvalue weighted by atomic mass is 16.4. The molecule has 0 saturated carbocycles. The van der Waals surface area contributed by atoms with Crippen molar-refractivity contribution in [2.24, 2.45) is 0 Å². The van der Waals surface area contributed by atoms with Crippen LogP contribution in [0.2, 0.25) is 0 Å². The van der Waals surface area contributed by atoms with Crippen LogP contribution in [-0.2, 0) is 0 Å². The highest BCUT2D eigenvalue weighted by molar-refractivity contribution is 6.09. The minimum atomic E-state index is -1.22. The van der Waals surface area contributed by atoms with Crippen molar-refractivity contribution in [3.8, 4) is 11.3 Å². The number of hydrogen-bond donors (Lipinski definition) is 2. The van der Waals surface area contributed by atoms with Crippen molar-refractivity contribution in [2.45, 2.75) is 0 Å². The second kappa shape index (κ2) is 6.15. The molecule has 0 bridgehead atoms. The van der Waals surface area contributed by atoms with Crippen molar-refractivity contribution in [3.63, 3.8) is 0 Å². The average Bonchev–Trinajstić information content (AvgIpc) is 3.05. The average molecular weight is 308 g/mol. The number of nitrogens with one attached hydrogen (secondary N) is 1. The lowest BCUT2D eigenvalue weighted by Gasteiger charge is -2.09. The Morgan fingerprint density at radius 2 is 1.70 bits per heavy atom. The minimum Gasteiger partial charge on any atom is -0.476 e. The Morgan fingerprint density at radius 1 is 1.00 bits per heavy atom. The van der Waals surface area contributed by atoms with Gasteiger partial charge in [-0.3, -0.25) is 4.79 Å². The van der Waals surface area contributed by atoms with Crippen molar-refractivity contribution in [1.29, 1.82) is 0 Å². The fraction of sp³-hybridized carbons (Fsp3) is 0. The Kier molecular flexibility index (Phi) is 3.88. The second-order valence-corrected chi connectivity index (χ2v) is 4.70. The van der Waals surface area contributed by atoms with Gasteiger partial charge >= 0.3 is 5.97 Å². The largest absolute Gasteiger partial charge is 0.476 e. The summed E-state index contributed by atoms with van der Waals surface area (Å²) in [7, 11) is 0. The lowest BCUT2D eigenvalue weighted by atomic mass is 10.0. The van der Waals surface area contributed by atoms with E-state index in [4.69, 9.17) is 9.52 Å². The van der Waals surface area contributed by atoms with E-state index < -0.39 is 5.97 Å². The molecule has 0 aliphatic carbocycles. The molecule has 0 saturated heterocycles. The molecule has 0 fully saturated rings. The second-order valence-electron chi connectivity index (χ2n) is 4.70. The van der Waals surface area contributed by atoms with Gasteiger partial charge in [-0.15, -0.1) is 0 Å². The number of oxazole rings is 1. The summed E-state index contributed by atoms with van der Waals surface area (Å²) in [6.07, 6.45) is 1.05. The first-order valence-electron chi connectivity index (χ1n) is 6.79. The molecule has 3 rings (SSSR count). The van der Waals surface area contributed by atoms with Crippen LogP contribution in [0.5, 0.6) is 0 Å². The third kappa shape index (κ3) is 2.96. The van der Waals surface area contributed by atoms with Crippen molar-refractivity contribution < 1.29 is 19.1 Å². The smallest absolute Gasteiger partial charge is 0.358 e. The van der Waals surface area contributed by atoms with Gasteiger partial charge in [0.1, 0.15) is 0 Å². The first-order chi connectivity index (χ1) is 11.2. The van der Waals surface area contributed by atoms with Gasteiger partial charge in [0.25, 0.3) is 5.91 Å². The monoisotopic (exact) mass is 308 g/mol. The summed E-state index contributed by atoms with van der Waals surface area (Å²) in [5.74, 6) is -1.53. The van der Waals surface area contributed by atoms with Gasteiger partial charge in [0.05, 0.1) is 5.56 Å². The normalized spacial score (nSPS) is 10.3. The number of aromatic carboxylic acids is 1. The van der Waals surface area contributed by atoms with Gasteiger partial charge in [0.2, 0.25) is 0 Å². The number of anilines is 1. The van der Waals surface area contributed by atoms with Gasteiger partial charge in [0, 0.05) is 11.3 Å².